The van der Waals surface area contributed by atoms with Crippen molar-refractivity contribution in [2.24, 2.45) is 0 Å². The summed E-state index contributed by atoms with van der Waals surface area (Å²) in [5, 5.41) is 5.67. The highest BCUT2D eigenvalue weighted by atomic mass is 79.9. The smallest absolute Gasteiger partial charge is 0.257 e. The Morgan fingerprint density at radius 2 is 1.68 bits per heavy atom. The van der Waals surface area contributed by atoms with Crippen LogP contribution < -0.4 is 15.4 Å². The topological polar surface area (TPSA) is 91.0 Å². The van der Waals surface area contributed by atoms with Gasteiger partial charge in [0, 0.05) is 43.9 Å². The molecule has 8 nitrogen and oxygen atoms in total. The van der Waals surface area contributed by atoms with Crippen molar-refractivity contribution in [1.29, 1.82) is 0 Å². The fourth-order valence-electron chi connectivity index (χ4n) is 3.91. The Morgan fingerprint density at radius 1 is 1.00 bits per heavy atom. The minimum absolute atomic E-state index is 0.101. The van der Waals surface area contributed by atoms with Gasteiger partial charge < -0.3 is 15.0 Å². The van der Waals surface area contributed by atoms with Crippen LogP contribution in [0.15, 0.2) is 82.2 Å². The van der Waals surface area contributed by atoms with Crippen LogP contribution in [-0.4, -0.2) is 68.5 Å². The lowest BCUT2D eigenvalue weighted by Crippen LogP contribution is -2.46. The molecule has 1 heterocycles. The van der Waals surface area contributed by atoms with E-state index >= 15 is 0 Å². The average Bonchev–Trinajstić information content (AvgIpc) is 2.90. The zero-order valence-electron chi connectivity index (χ0n) is 20.9. The van der Waals surface area contributed by atoms with Gasteiger partial charge in [-0.1, -0.05) is 30.3 Å². The molecule has 3 aromatic rings. The van der Waals surface area contributed by atoms with Gasteiger partial charge in [0.15, 0.2) is 5.11 Å². The number of carbonyl (C=O) groups is 1. The van der Waals surface area contributed by atoms with Crippen molar-refractivity contribution in [2.45, 2.75) is 11.3 Å². The van der Waals surface area contributed by atoms with Crippen LogP contribution in [0.3, 0.4) is 0 Å². The molecule has 1 amide bonds. The molecule has 0 radical (unpaired) electrons. The predicted molar refractivity (Wildman–Crippen MR) is 156 cm³/mol. The number of sulfonamides is 1. The summed E-state index contributed by atoms with van der Waals surface area (Å²) in [5.41, 5.74) is 2.16. The van der Waals surface area contributed by atoms with Crippen LogP contribution in [0, 0.1) is 0 Å². The fraction of sp³-hybridized carbons (Fsp3) is 0.259. The van der Waals surface area contributed by atoms with Crippen molar-refractivity contribution < 1.29 is 17.9 Å². The van der Waals surface area contributed by atoms with Crippen LogP contribution in [-0.2, 0) is 16.4 Å². The van der Waals surface area contributed by atoms with E-state index in [1.54, 1.807) is 30.3 Å². The molecule has 0 unspecified atom stereocenters. The van der Waals surface area contributed by atoms with Crippen LogP contribution in [0.25, 0.3) is 0 Å². The van der Waals surface area contributed by atoms with Gasteiger partial charge in [0.25, 0.3) is 5.91 Å². The average molecular weight is 618 g/mol. The van der Waals surface area contributed by atoms with Gasteiger partial charge in [-0.05, 0) is 83.2 Å². The Labute approximate surface area is 237 Å². The third-order valence-corrected chi connectivity index (χ3v) is 8.86. The fourth-order valence-corrected chi connectivity index (χ4v) is 6.03. The number of ether oxygens (including phenoxy) is 1. The number of hydrogen-bond donors (Lipinski definition) is 2. The minimum Gasteiger partial charge on any atom is -0.492 e. The van der Waals surface area contributed by atoms with Crippen LogP contribution in [0.5, 0.6) is 5.75 Å². The van der Waals surface area contributed by atoms with Crippen molar-refractivity contribution in [3.05, 3.63) is 88.4 Å². The first kappa shape index (κ1) is 28.2. The molecule has 3 aromatic carbocycles. The Morgan fingerprint density at radius 3 is 2.34 bits per heavy atom. The quantitative estimate of drug-likeness (QED) is 0.368. The van der Waals surface area contributed by atoms with E-state index in [-0.39, 0.29) is 15.9 Å². The Balaban J connectivity index is 1.29. The van der Waals surface area contributed by atoms with Gasteiger partial charge in [-0.3, -0.25) is 10.1 Å². The van der Waals surface area contributed by atoms with E-state index in [1.165, 1.54) is 22.0 Å². The van der Waals surface area contributed by atoms with Crippen LogP contribution in [0.4, 0.5) is 5.69 Å². The molecule has 1 fully saturated rings. The minimum atomic E-state index is -3.55. The summed E-state index contributed by atoms with van der Waals surface area (Å²) in [5.74, 6) is 0.262. The first-order chi connectivity index (χ1) is 18.2. The molecular formula is C27H29BrN4O4S2. The van der Waals surface area contributed by atoms with Crippen molar-refractivity contribution in [2.75, 3.05) is 45.2 Å². The lowest BCUT2D eigenvalue weighted by atomic mass is 10.2. The zero-order valence-corrected chi connectivity index (χ0v) is 24.1. The number of amides is 1. The van der Waals surface area contributed by atoms with E-state index in [9.17, 15) is 13.2 Å². The Bertz CT molecular complexity index is 1380. The van der Waals surface area contributed by atoms with E-state index in [0.717, 1.165) is 6.42 Å². The predicted octanol–water partition coefficient (Wildman–Crippen LogP) is 4.13. The van der Waals surface area contributed by atoms with Gasteiger partial charge >= 0.3 is 0 Å². The number of likely N-dealkylation sites (N-methyl/N-ethyl adjacent to an activating group) is 1. The number of nitrogens with one attached hydrogen (secondary N) is 2. The number of halogens is 1. The van der Waals surface area contributed by atoms with Crippen molar-refractivity contribution >= 4 is 54.9 Å². The lowest BCUT2D eigenvalue weighted by molar-refractivity contribution is 0.0977. The summed E-state index contributed by atoms with van der Waals surface area (Å²) in [6.07, 6.45) is 0.776. The van der Waals surface area contributed by atoms with Crippen LogP contribution >= 0.6 is 28.1 Å². The second kappa shape index (κ2) is 12.8. The molecule has 0 bridgehead atoms. The molecular weight excluding hydrogens is 588 g/mol. The third kappa shape index (κ3) is 7.39. The molecule has 4 rings (SSSR count). The summed E-state index contributed by atoms with van der Waals surface area (Å²) in [6, 6.07) is 21.5. The van der Waals surface area contributed by atoms with Crippen LogP contribution in [0.1, 0.15) is 15.9 Å². The summed E-state index contributed by atoms with van der Waals surface area (Å²) in [4.78, 5) is 15.0. The van der Waals surface area contributed by atoms with E-state index < -0.39 is 10.0 Å². The van der Waals surface area contributed by atoms with E-state index in [2.05, 4.69) is 31.5 Å². The molecule has 0 saturated carbocycles. The number of piperazine rings is 1. The van der Waals surface area contributed by atoms with Gasteiger partial charge in [0.2, 0.25) is 10.0 Å². The third-order valence-electron chi connectivity index (χ3n) is 6.12. The zero-order chi connectivity index (χ0) is 27.1. The van der Waals surface area contributed by atoms with Crippen LogP contribution in [0.2, 0.25) is 0 Å². The number of rotatable bonds is 8. The molecule has 2 N–H and O–H groups in total. The summed E-state index contributed by atoms with van der Waals surface area (Å²) >= 11 is 8.75. The highest BCUT2D eigenvalue weighted by Gasteiger charge is 2.27. The number of carbonyl (C=O) groups excluding carboxylic acids is 1. The molecule has 200 valence electrons. The standard InChI is InChI=1S/C27H29BrN4O4S2/c1-31-14-16-32(17-15-31)38(34,35)23-10-8-22(9-11-23)29-27(37)30-26(33)21-7-12-25(24(28)19-21)36-18-13-20-5-3-2-4-6-20/h2-12,19H,13-18H2,1H3,(H2,29,30,33,37). The van der Waals surface area contributed by atoms with E-state index in [0.29, 0.717) is 54.3 Å². The Kier molecular flexibility index (Phi) is 9.50. The van der Waals surface area contributed by atoms with Crippen molar-refractivity contribution in [3.8, 4) is 5.75 Å². The van der Waals surface area contributed by atoms with Gasteiger partial charge in [0.05, 0.1) is 16.0 Å². The summed E-state index contributed by atoms with van der Waals surface area (Å²) in [7, 11) is -1.58. The summed E-state index contributed by atoms with van der Waals surface area (Å²) in [6.45, 7) is 2.84. The largest absolute Gasteiger partial charge is 0.492 e. The molecule has 38 heavy (non-hydrogen) atoms. The number of nitrogens with zero attached hydrogens (tertiary/aromatic N) is 2. The van der Waals surface area contributed by atoms with Gasteiger partial charge in [0.1, 0.15) is 5.75 Å². The van der Waals surface area contributed by atoms with E-state index in [4.69, 9.17) is 17.0 Å². The second-order valence-corrected chi connectivity index (χ2v) is 12.1. The number of anilines is 1. The molecule has 0 aromatic heterocycles. The molecule has 1 saturated heterocycles. The number of hydrogen-bond acceptors (Lipinski definition) is 6. The Hall–Kier alpha value is -2.83. The van der Waals surface area contributed by atoms with E-state index in [1.807, 2.05) is 37.4 Å². The van der Waals surface area contributed by atoms with Gasteiger partial charge in [-0.2, -0.15) is 4.31 Å². The SMILES string of the molecule is CN1CCN(S(=O)(=O)c2ccc(NC(=S)NC(=O)c3ccc(OCCc4ccccc4)c(Br)c3)cc2)CC1. The molecule has 0 atom stereocenters. The summed E-state index contributed by atoms with van der Waals surface area (Å²) < 4.78 is 33.8. The molecule has 11 heteroatoms. The number of thiocarbonyl (C=S) groups is 1. The number of benzene rings is 3. The van der Waals surface area contributed by atoms with Crippen molar-refractivity contribution in [3.63, 3.8) is 0 Å². The molecule has 0 aliphatic carbocycles. The first-order valence-corrected chi connectivity index (χ1v) is 14.7. The molecule has 1 aliphatic rings. The lowest BCUT2D eigenvalue weighted by Gasteiger charge is -2.31. The second-order valence-electron chi connectivity index (χ2n) is 8.87. The van der Waals surface area contributed by atoms with Gasteiger partial charge in [-0.15, -0.1) is 0 Å². The highest BCUT2D eigenvalue weighted by Crippen LogP contribution is 2.26. The highest BCUT2D eigenvalue weighted by molar-refractivity contribution is 9.10. The van der Waals surface area contributed by atoms with Gasteiger partial charge in [-0.25, -0.2) is 8.42 Å². The monoisotopic (exact) mass is 616 g/mol. The maximum Gasteiger partial charge on any atom is 0.257 e. The maximum absolute atomic E-state index is 12.9. The maximum atomic E-state index is 12.9. The molecule has 0 spiro atoms. The van der Waals surface area contributed by atoms with Crippen molar-refractivity contribution in [1.82, 2.24) is 14.5 Å². The normalized spacial score (nSPS) is 14.6. The first-order valence-electron chi connectivity index (χ1n) is 12.1. The molecule has 1 aliphatic heterocycles.